The van der Waals surface area contributed by atoms with E-state index >= 15 is 0 Å². The van der Waals surface area contributed by atoms with Crippen LogP contribution in [0.3, 0.4) is 0 Å². The molecule has 1 unspecified atom stereocenters. The highest BCUT2D eigenvalue weighted by Gasteiger charge is 2.09. The van der Waals surface area contributed by atoms with E-state index < -0.39 is 0 Å². The predicted molar refractivity (Wildman–Crippen MR) is 68.5 cm³/mol. The van der Waals surface area contributed by atoms with Crippen LogP contribution in [0.1, 0.15) is 29.2 Å². The number of nitrogens with zero attached hydrogens (tertiary/aromatic N) is 1. The molecule has 0 bridgehead atoms. The van der Waals surface area contributed by atoms with Crippen molar-refractivity contribution in [3.8, 4) is 0 Å². The molecular formula is C13H15FN2S. The van der Waals surface area contributed by atoms with Gasteiger partial charge in [0.1, 0.15) is 5.82 Å². The van der Waals surface area contributed by atoms with E-state index in [1.807, 2.05) is 25.3 Å². The second kappa shape index (κ2) is 5.38. The Hall–Kier alpha value is -1.26. The number of rotatable bonds is 4. The zero-order valence-corrected chi connectivity index (χ0v) is 10.7. The van der Waals surface area contributed by atoms with E-state index in [-0.39, 0.29) is 11.9 Å². The summed E-state index contributed by atoms with van der Waals surface area (Å²) in [6, 6.07) is 6.96. The van der Waals surface area contributed by atoms with Crippen LogP contribution in [0, 0.1) is 12.7 Å². The van der Waals surface area contributed by atoms with Crippen molar-refractivity contribution in [3.63, 3.8) is 0 Å². The smallest absolute Gasteiger partial charge is 0.127 e. The van der Waals surface area contributed by atoms with Gasteiger partial charge in [0.25, 0.3) is 0 Å². The maximum absolute atomic E-state index is 13.4. The molecule has 4 heteroatoms. The molecule has 0 amide bonds. The fourth-order valence-electron chi connectivity index (χ4n) is 1.59. The Bertz CT molecular complexity index is 496. The molecule has 0 saturated carbocycles. The van der Waals surface area contributed by atoms with Crippen LogP contribution in [0.2, 0.25) is 0 Å². The van der Waals surface area contributed by atoms with Gasteiger partial charge in [0.2, 0.25) is 0 Å². The van der Waals surface area contributed by atoms with Gasteiger partial charge in [0, 0.05) is 23.5 Å². The Morgan fingerprint density at radius 3 is 2.82 bits per heavy atom. The van der Waals surface area contributed by atoms with Crippen LogP contribution in [0.15, 0.2) is 29.6 Å². The summed E-state index contributed by atoms with van der Waals surface area (Å²) in [5.74, 6) is -0.165. The first kappa shape index (κ1) is 12.2. The highest BCUT2D eigenvalue weighted by molar-refractivity contribution is 7.09. The van der Waals surface area contributed by atoms with Crippen LogP contribution in [-0.2, 0) is 6.54 Å². The van der Waals surface area contributed by atoms with Gasteiger partial charge < -0.3 is 5.32 Å². The quantitative estimate of drug-likeness (QED) is 0.899. The lowest BCUT2D eigenvalue weighted by molar-refractivity contribution is 0.537. The van der Waals surface area contributed by atoms with Crippen molar-refractivity contribution >= 4 is 11.3 Å². The summed E-state index contributed by atoms with van der Waals surface area (Å²) in [7, 11) is 0. The molecule has 2 nitrogen and oxygen atoms in total. The summed E-state index contributed by atoms with van der Waals surface area (Å²) in [6.45, 7) is 4.54. The van der Waals surface area contributed by atoms with E-state index in [1.54, 1.807) is 23.5 Å². The molecule has 0 fully saturated rings. The third-order valence-corrected chi connectivity index (χ3v) is 3.43. The molecule has 1 aromatic carbocycles. The summed E-state index contributed by atoms with van der Waals surface area (Å²) in [5.41, 5.74) is 1.70. The Morgan fingerprint density at radius 2 is 2.18 bits per heavy atom. The van der Waals surface area contributed by atoms with Crippen LogP contribution in [0.4, 0.5) is 4.39 Å². The number of aromatic nitrogens is 1. The standard InChI is InChI=1S/C13H15FN2S/c1-9(13-8-17-10(2)16-13)15-7-11-5-3-4-6-12(11)14/h3-6,8-9,15H,7H2,1-2H3. The SMILES string of the molecule is Cc1nc(C(C)NCc2ccccc2F)cs1. The van der Waals surface area contributed by atoms with Gasteiger partial charge in [0.05, 0.1) is 10.7 Å². The lowest BCUT2D eigenvalue weighted by Crippen LogP contribution is -2.19. The van der Waals surface area contributed by atoms with Gasteiger partial charge in [-0.3, -0.25) is 0 Å². The first-order valence-corrected chi connectivity index (χ1v) is 6.43. The number of halogens is 1. The van der Waals surface area contributed by atoms with Crippen molar-refractivity contribution in [2.24, 2.45) is 0 Å². The zero-order chi connectivity index (χ0) is 12.3. The highest BCUT2D eigenvalue weighted by atomic mass is 32.1. The van der Waals surface area contributed by atoms with E-state index in [4.69, 9.17) is 0 Å². The monoisotopic (exact) mass is 250 g/mol. The largest absolute Gasteiger partial charge is 0.305 e. The molecule has 0 aliphatic heterocycles. The molecule has 1 aromatic heterocycles. The molecule has 90 valence electrons. The van der Waals surface area contributed by atoms with Gasteiger partial charge in [0.15, 0.2) is 0 Å². The highest BCUT2D eigenvalue weighted by Crippen LogP contribution is 2.16. The minimum Gasteiger partial charge on any atom is -0.305 e. The van der Waals surface area contributed by atoms with Crippen LogP contribution in [0.5, 0.6) is 0 Å². The molecule has 0 aliphatic rings. The molecule has 0 radical (unpaired) electrons. The zero-order valence-electron chi connectivity index (χ0n) is 9.90. The van der Waals surface area contributed by atoms with E-state index in [9.17, 15) is 4.39 Å². The average Bonchev–Trinajstić information content (AvgIpc) is 2.74. The van der Waals surface area contributed by atoms with Crippen molar-refractivity contribution in [3.05, 3.63) is 51.7 Å². The first-order valence-electron chi connectivity index (χ1n) is 5.55. The van der Waals surface area contributed by atoms with Gasteiger partial charge >= 0.3 is 0 Å². The molecule has 0 saturated heterocycles. The van der Waals surface area contributed by atoms with Gasteiger partial charge in [-0.05, 0) is 19.9 Å². The number of hydrogen-bond acceptors (Lipinski definition) is 3. The molecule has 0 aliphatic carbocycles. The second-order valence-corrected chi connectivity index (χ2v) is 5.05. The lowest BCUT2D eigenvalue weighted by Gasteiger charge is -2.11. The molecule has 1 N–H and O–H groups in total. The predicted octanol–water partition coefficient (Wildman–Crippen LogP) is 3.44. The number of aryl methyl sites for hydroxylation is 1. The molecule has 17 heavy (non-hydrogen) atoms. The Balaban J connectivity index is 1.97. The van der Waals surface area contributed by atoms with E-state index in [2.05, 4.69) is 10.3 Å². The topological polar surface area (TPSA) is 24.9 Å². The van der Waals surface area contributed by atoms with Crippen molar-refractivity contribution in [1.82, 2.24) is 10.3 Å². The maximum atomic E-state index is 13.4. The molecule has 2 aromatic rings. The third-order valence-electron chi connectivity index (χ3n) is 2.64. The van der Waals surface area contributed by atoms with E-state index in [0.717, 1.165) is 10.7 Å². The summed E-state index contributed by atoms with van der Waals surface area (Å²) in [6.07, 6.45) is 0. The van der Waals surface area contributed by atoms with Gasteiger partial charge in [-0.15, -0.1) is 11.3 Å². The van der Waals surface area contributed by atoms with Gasteiger partial charge in [-0.1, -0.05) is 18.2 Å². The van der Waals surface area contributed by atoms with Crippen LogP contribution in [0.25, 0.3) is 0 Å². The van der Waals surface area contributed by atoms with Crippen molar-refractivity contribution < 1.29 is 4.39 Å². The molecular weight excluding hydrogens is 235 g/mol. The number of thiazole rings is 1. The summed E-state index contributed by atoms with van der Waals surface area (Å²) >= 11 is 1.63. The second-order valence-electron chi connectivity index (χ2n) is 3.99. The average molecular weight is 250 g/mol. The minimum atomic E-state index is -0.165. The minimum absolute atomic E-state index is 0.138. The maximum Gasteiger partial charge on any atom is 0.127 e. The Labute approximate surface area is 105 Å². The fraction of sp³-hybridized carbons (Fsp3) is 0.308. The van der Waals surface area contributed by atoms with Crippen molar-refractivity contribution in [1.29, 1.82) is 0 Å². The summed E-state index contributed by atoms with van der Waals surface area (Å²) < 4.78 is 13.4. The van der Waals surface area contributed by atoms with Crippen LogP contribution in [-0.4, -0.2) is 4.98 Å². The molecule has 1 atom stereocenters. The number of benzene rings is 1. The molecule has 2 rings (SSSR count). The van der Waals surface area contributed by atoms with Crippen molar-refractivity contribution in [2.45, 2.75) is 26.4 Å². The fourth-order valence-corrected chi connectivity index (χ4v) is 2.29. The summed E-state index contributed by atoms with van der Waals surface area (Å²) in [5, 5.41) is 6.36. The van der Waals surface area contributed by atoms with Gasteiger partial charge in [-0.2, -0.15) is 0 Å². The third kappa shape index (κ3) is 3.11. The van der Waals surface area contributed by atoms with E-state index in [0.29, 0.717) is 12.1 Å². The molecule has 0 spiro atoms. The Morgan fingerprint density at radius 1 is 1.41 bits per heavy atom. The van der Waals surface area contributed by atoms with E-state index in [1.165, 1.54) is 6.07 Å². The van der Waals surface area contributed by atoms with Crippen LogP contribution >= 0.6 is 11.3 Å². The lowest BCUT2D eigenvalue weighted by atomic mass is 10.2. The molecule has 1 heterocycles. The van der Waals surface area contributed by atoms with Gasteiger partial charge in [-0.25, -0.2) is 9.37 Å². The normalized spacial score (nSPS) is 12.6. The number of nitrogens with one attached hydrogen (secondary N) is 1. The first-order chi connectivity index (χ1) is 8.16. The van der Waals surface area contributed by atoms with Crippen LogP contribution < -0.4 is 5.32 Å². The number of hydrogen-bond donors (Lipinski definition) is 1. The Kier molecular flexibility index (Phi) is 3.86. The van der Waals surface area contributed by atoms with Crippen molar-refractivity contribution in [2.75, 3.05) is 0 Å². The summed E-state index contributed by atoms with van der Waals surface area (Å²) in [4.78, 5) is 4.41.